The van der Waals surface area contributed by atoms with E-state index in [1.165, 1.54) is 0 Å². The van der Waals surface area contributed by atoms with Crippen molar-refractivity contribution in [3.05, 3.63) is 12.7 Å². The molecule has 0 spiro atoms. The predicted molar refractivity (Wildman–Crippen MR) is 64.8 cm³/mol. The summed E-state index contributed by atoms with van der Waals surface area (Å²) in [5, 5.41) is 3.18. The van der Waals surface area contributed by atoms with Crippen LogP contribution in [-0.2, 0) is 4.79 Å². The first-order valence-corrected chi connectivity index (χ1v) is 5.46. The zero-order valence-electron chi connectivity index (χ0n) is 10.5. The number of nitrogens with one attached hydrogen (secondary N) is 1. The molecule has 0 heterocycles. The minimum atomic E-state index is -0.00236. The van der Waals surface area contributed by atoms with E-state index in [-0.39, 0.29) is 11.4 Å². The molecule has 0 saturated carbocycles. The van der Waals surface area contributed by atoms with E-state index >= 15 is 0 Å². The molecule has 0 saturated heterocycles. The highest BCUT2D eigenvalue weighted by atomic mass is 16.2. The number of rotatable bonds is 6. The van der Waals surface area contributed by atoms with Gasteiger partial charge in [0.2, 0.25) is 5.91 Å². The fraction of sp³-hybridized carbons (Fsp3) is 0.750. The highest BCUT2D eigenvalue weighted by Crippen LogP contribution is 1.99. The van der Waals surface area contributed by atoms with Crippen LogP contribution in [0, 0.1) is 0 Å². The van der Waals surface area contributed by atoms with Gasteiger partial charge < -0.3 is 10.2 Å². The Hall–Kier alpha value is -0.830. The standard InChI is InChI=1S/C12H24N2O/c1-6-7-8-9-14(5)11(15)10-13-12(2,3)4/h6,13H,1,7-10H2,2-5H3. The van der Waals surface area contributed by atoms with Crippen LogP contribution in [0.5, 0.6) is 0 Å². The molecule has 1 amide bonds. The topological polar surface area (TPSA) is 32.3 Å². The van der Waals surface area contributed by atoms with Crippen molar-refractivity contribution in [3.63, 3.8) is 0 Å². The van der Waals surface area contributed by atoms with Gasteiger partial charge in [-0.1, -0.05) is 6.08 Å². The zero-order valence-corrected chi connectivity index (χ0v) is 10.5. The van der Waals surface area contributed by atoms with Gasteiger partial charge in [-0.15, -0.1) is 6.58 Å². The fourth-order valence-electron chi connectivity index (χ4n) is 1.07. The number of hydrogen-bond donors (Lipinski definition) is 1. The van der Waals surface area contributed by atoms with E-state index in [4.69, 9.17) is 0 Å². The maximum absolute atomic E-state index is 11.6. The quantitative estimate of drug-likeness (QED) is 0.538. The van der Waals surface area contributed by atoms with E-state index in [0.29, 0.717) is 6.54 Å². The van der Waals surface area contributed by atoms with E-state index in [1.807, 2.05) is 13.1 Å². The number of carbonyl (C=O) groups excluding carboxylic acids is 1. The van der Waals surface area contributed by atoms with Crippen molar-refractivity contribution in [1.29, 1.82) is 0 Å². The number of carbonyl (C=O) groups is 1. The summed E-state index contributed by atoms with van der Waals surface area (Å²) in [4.78, 5) is 13.4. The van der Waals surface area contributed by atoms with Gasteiger partial charge in [-0.3, -0.25) is 4.79 Å². The maximum atomic E-state index is 11.6. The lowest BCUT2D eigenvalue weighted by Gasteiger charge is -2.23. The lowest BCUT2D eigenvalue weighted by Crippen LogP contribution is -2.44. The number of allylic oxidation sites excluding steroid dienone is 1. The van der Waals surface area contributed by atoms with Crippen LogP contribution < -0.4 is 5.32 Å². The van der Waals surface area contributed by atoms with E-state index in [9.17, 15) is 4.79 Å². The molecule has 0 atom stereocenters. The molecule has 0 fully saturated rings. The second kappa shape index (κ2) is 6.62. The molecule has 0 unspecified atom stereocenters. The third kappa shape index (κ3) is 8.18. The van der Waals surface area contributed by atoms with Gasteiger partial charge >= 0.3 is 0 Å². The van der Waals surface area contributed by atoms with Gasteiger partial charge in [-0.25, -0.2) is 0 Å². The molecule has 3 nitrogen and oxygen atoms in total. The van der Waals surface area contributed by atoms with Crippen molar-refractivity contribution in [2.75, 3.05) is 20.1 Å². The molecule has 0 radical (unpaired) electrons. The molecule has 3 heteroatoms. The Bertz CT molecular complexity index is 206. The number of hydrogen-bond acceptors (Lipinski definition) is 2. The minimum Gasteiger partial charge on any atom is -0.345 e. The fourth-order valence-corrected chi connectivity index (χ4v) is 1.07. The monoisotopic (exact) mass is 212 g/mol. The Balaban J connectivity index is 3.74. The summed E-state index contributed by atoms with van der Waals surface area (Å²) in [6, 6.07) is 0. The molecular formula is C12H24N2O. The van der Waals surface area contributed by atoms with E-state index in [2.05, 4.69) is 32.7 Å². The second-order valence-corrected chi connectivity index (χ2v) is 4.85. The van der Waals surface area contributed by atoms with Crippen LogP contribution in [0.2, 0.25) is 0 Å². The first-order chi connectivity index (χ1) is 6.87. The average Bonchev–Trinajstić information content (AvgIpc) is 2.13. The van der Waals surface area contributed by atoms with Crippen LogP contribution in [0.15, 0.2) is 12.7 Å². The number of unbranched alkanes of at least 4 members (excludes halogenated alkanes) is 1. The van der Waals surface area contributed by atoms with Gasteiger partial charge in [0.25, 0.3) is 0 Å². The van der Waals surface area contributed by atoms with Crippen molar-refractivity contribution in [2.24, 2.45) is 0 Å². The molecule has 0 aliphatic rings. The average molecular weight is 212 g/mol. The molecule has 88 valence electrons. The summed E-state index contributed by atoms with van der Waals surface area (Å²) in [6.07, 6.45) is 3.83. The van der Waals surface area contributed by atoms with Gasteiger partial charge in [0.1, 0.15) is 0 Å². The molecule has 0 aliphatic heterocycles. The van der Waals surface area contributed by atoms with Crippen molar-refractivity contribution < 1.29 is 4.79 Å². The lowest BCUT2D eigenvalue weighted by molar-refractivity contribution is -0.129. The van der Waals surface area contributed by atoms with Crippen molar-refractivity contribution in [1.82, 2.24) is 10.2 Å². The summed E-state index contributed by atoms with van der Waals surface area (Å²) in [6.45, 7) is 11.0. The molecule has 0 bridgehead atoms. The van der Waals surface area contributed by atoms with Gasteiger partial charge in [0.15, 0.2) is 0 Å². The van der Waals surface area contributed by atoms with Gasteiger partial charge in [-0.2, -0.15) is 0 Å². The van der Waals surface area contributed by atoms with Gasteiger partial charge in [0.05, 0.1) is 6.54 Å². The SMILES string of the molecule is C=CCCCN(C)C(=O)CNC(C)(C)C. The van der Waals surface area contributed by atoms with Crippen molar-refractivity contribution in [3.8, 4) is 0 Å². The minimum absolute atomic E-state index is 0.00236. The van der Waals surface area contributed by atoms with Crippen LogP contribution >= 0.6 is 0 Å². The highest BCUT2D eigenvalue weighted by Gasteiger charge is 2.13. The molecule has 0 aromatic carbocycles. The Labute approximate surface area is 93.5 Å². The molecule has 0 aromatic heterocycles. The third-order valence-electron chi connectivity index (χ3n) is 2.10. The van der Waals surface area contributed by atoms with Crippen LogP contribution in [0.25, 0.3) is 0 Å². The smallest absolute Gasteiger partial charge is 0.236 e. The Kier molecular flexibility index (Phi) is 6.25. The van der Waals surface area contributed by atoms with E-state index in [1.54, 1.807) is 4.90 Å². The normalized spacial score (nSPS) is 11.2. The Morgan fingerprint density at radius 1 is 1.47 bits per heavy atom. The summed E-state index contributed by atoms with van der Waals surface area (Å²) >= 11 is 0. The van der Waals surface area contributed by atoms with Crippen LogP contribution in [0.3, 0.4) is 0 Å². The molecule has 0 aliphatic carbocycles. The van der Waals surface area contributed by atoms with E-state index in [0.717, 1.165) is 19.4 Å². The Morgan fingerprint density at radius 3 is 2.53 bits per heavy atom. The van der Waals surface area contributed by atoms with Crippen molar-refractivity contribution in [2.45, 2.75) is 39.2 Å². The molecule has 15 heavy (non-hydrogen) atoms. The molecule has 0 aromatic rings. The predicted octanol–water partition coefficient (Wildman–Crippen LogP) is 1.80. The van der Waals surface area contributed by atoms with Crippen LogP contribution in [-0.4, -0.2) is 36.5 Å². The number of likely N-dealkylation sites (N-methyl/N-ethyl adjacent to an activating group) is 1. The first kappa shape index (κ1) is 14.2. The number of amides is 1. The Morgan fingerprint density at radius 2 is 2.07 bits per heavy atom. The van der Waals surface area contributed by atoms with Crippen LogP contribution in [0.1, 0.15) is 33.6 Å². The largest absolute Gasteiger partial charge is 0.345 e. The molecule has 0 rings (SSSR count). The van der Waals surface area contributed by atoms with Crippen molar-refractivity contribution >= 4 is 5.91 Å². The summed E-state index contributed by atoms with van der Waals surface area (Å²) < 4.78 is 0. The van der Waals surface area contributed by atoms with Crippen LogP contribution in [0.4, 0.5) is 0 Å². The maximum Gasteiger partial charge on any atom is 0.236 e. The first-order valence-electron chi connectivity index (χ1n) is 5.46. The summed E-state index contributed by atoms with van der Waals surface area (Å²) in [5.41, 5.74) is -0.00236. The zero-order chi connectivity index (χ0) is 11.9. The van der Waals surface area contributed by atoms with Gasteiger partial charge in [0, 0.05) is 19.1 Å². The molecule has 1 N–H and O–H groups in total. The van der Waals surface area contributed by atoms with Gasteiger partial charge in [-0.05, 0) is 33.6 Å². The highest BCUT2D eigenvalue weighted by molar-refractivity contribution is 5.78. The lowest BCUT2D eigenvalue weighted by atomic mass is 10.1. The summed E-state index contributed by atoms with van der Waals surface area (Å²) in [7, 11) is 1.84. The molecular weight excluding hydrogens is 188 g/mol. The second-order valence-electron chi connectivity index (χ2n) is 4.85. The summed E-state index contributed by atoms with van der Waals surface area (Å²) in [5.74, 6) is 0.147. The third-order valence-corrected chi connectivity index (χ3v) is 2.10. The van der Waals surface area contributed by atoms with E-state index < -0.39 is 0 Å². The number of nitrogens with zero attached hydrogens (tertiary/aromatic N) is 1.